The number of thioether (sulfide) groups is 1. The van der Waals surface area contributed by atoms with Gasteiger partial charge in [-0.15, -0.1) is 10.2 Å². The van der Waals surface area contributed by atoms with E-state index in [4.69, 9.17) is 0 Å². The zero-order valence-corrected chi connectivity index (χ0v) is 9.25. The number of aromatic amines is 1. The molecule has 2 unspecified atom stereocenters. The SMILES string of the molecule is CC(NC(=O)C1CCSC1)c1nn[nH]n1. The molecule has 0 spiro atoms. The van der Waals surface area contributed by atoms with Gasteiger partial charge in [0.15, 0.2) is 5.82 Å². The Labute approximate surface area is 91.6 Å². The fourth-order valence-corrected chi connectivity index (χ4v) is 2.71. The van der Waals surface area contributed by atoms with Gasteiger partial charge in [-0.25, -0.2) is 0 Å². The number of tetrazole rings is 1. The zero-order chi connectivity index (χ0) is 10.7. The normalized spacial score (nSPS) is 22.6. The number of hydrogen-bond donors (Lipinski definition) is 2. The quantitative estimate of drug-likeness (QED) is 0.767. The fourth-order valence-electron chi connectivity index (χ4n) is 1.49. The van der Waals surface area contributed by atoms with Gasteiger partial charge in [-0.1, -0.05) is 5.21 Å². The maximum atomic E-state index is 11.7. The van der Waals surface area contributed by atoms with Crippen molar-refractivity contribution in [3.8, 4) is 0 Å². The van der Waals surface area contributed by atoms with Crippen LogP contribution >= 0.6 is 11.8 Å². The summed E-state index contributed by atoms with van der Waals surface area (Å²) in [5.74, 6) is 2.76. The average Bonchev–Trinajstić information content (AvgIpc) is 2.91. The summed E-state index contributed by atoms with van der Waals surface area (Å²) in [4.78, 5) is 11.7. The predicted octanol–water partition coefficient (Wildman–Crippen LogP) is 0.130. The number of amides is 1. The summed E-state index contributed by atoms with van der Waals surface area (Å²) in [6, 6.07) is -0.179. The molecule has 1 aliphatic heterocycles. The fraction of sp³-hybridized carbons (Fsp3) is 0.750. The molecule has 0 bridgehead atoms. The van der Waals surface area contributed by atoms with E-state index in [1.165, 1.54) is 0 Å². The van der Waals surface area contributed by atoms with Crippen molar-refractivity contribution in [1.29, 1.82) is 0 Å². The molecule has 1 fully saturated rings. The number of aromatic nitrogens is 4. The first-order valence-electron chi connectivity index (χ1n) is 4.89. The van der Waals surface area contributed by atoms with Crippen LogP contribution in [-0.4, -0.2) is 38.0 Å². The van der Waals surface area contributed by atoms with Gasteiger partial charge in [0.05, 0.1) is 6.04 Å². The van der Waals surface area contributed by atoms with Crippen molar-refractivity contribution < 1.29 is 4.79 Å². The van der Waals surface area contributed by atoms with Crippen LogP contribution in [0.25, 0.3) is 0 Å². The van der Waals surface area contributed by atoms with Crippen LogP contribution in [0.1, 0.15) is 25.2 Å². The van der Waals surface area contributed by atoms with Crippen molar-refractivity contribution in [1.82, 2.24) is 25.9 Å². The Kier molecular flexibility index (Phi) is 3.20. The lowest BCUT2D eigenvalue weighted by Crippen LogP contribution is -2.33. The van der Waals surface area contributed by atoms with Crippen molar-refractivity contribution in [2.45, 2.75) is 19.4 Å². The van der Waals surface area contributed by atoms with E-state index >= 15 is 0 Å². The summed E-state index contributed by atoms with van der Waals surface area (Å²) in [7, 11) is 0. The maximum Gasteiger partial charge on any atom is 0.224 e. The third-order valence-electron chi connectivity index (χ3n) is 2.41. The summed E-state index contributed by atoms with van der Waals surface area (Å²) in [6.45, 7) is 1.85. The molecule has 82 valence electrons. The molecule has 1 saturated heterocycles. The van der Waals surface area contributed by atoms with Crippen LogP contribution < -0.4 is 5.32 Å². The molecule has 1 aromatic rings. The Hall–Kier alpha value is -1.11. The van der Waals surface area contributed by atoms with Gasteiger partial charge < -0.3 is 5.32 Å². The molecule has 2 rings (SSSR count). The number of hydrogen-bond acceptors (Lipinski definition) is 5. The second-order valence-corrected chi connectivity index (χ2v) is 4.71. The van der Waals surface area contributed by atoms with Crippen molar-refractivity contribution in [2.75, 3.05) is 11.5 Å². The predicted molar refractivity (Wildman–Crippen MR) is 56.2 cm³/mol. The van der Waals surface area contributed by atoms with Gasteiger partial charge in [-0.05, 0) is 19.1 Å². The molecule has 2 N–H and O–H groups in total. The minimum Gasteiger partial charge on any atom is -0.346 e. The monoisotopic (exact) mass is 227 g/mol. The lowest BCUT2D eigenvalue weighted by Gasteiger charge is -2.13. The highest BCUT2D eigenvalue weighted by molar-refractivity contribution is 7.99. The average molecular weight is 227 g/mol. The van der Waals surface area contributed by atoms with Gasteiger partial charge >= 0.3 is 0 Å². The van der Waals surface area contributed by atoms with E-state index in [0.717, 1.165) is 17.9 Å². The standard InChI is InChI=1S/C8H13N5OS/c1-5(7-10-12-13-11-7)9-8(14)6-2-3-15-4-6/h5-6H,2-4H2,1H3,(H,9,14)(H,10,11,12,13). The van der Waals surface area contributed by atoms with E-state index in [1.807, 2.05) is 18.7 Å². The molecular formula is C8H13N5OS. The van der Waals surface area contributed by atoms with E-state index in [2.05, 4.69) is 25.9 Å². The van der Waals surface area contributed by atoms with Gasteiger partial charge in [-0.2, -0.15) is 17.0 Å². The lowest BCUT2D eigenvalue weighted by atomic mass is 10.1. The maximum absolute atomic E-state index is 11.7. The van der Waals surface area contributed by atoms with Crippen LogP contribution in [0.2, 0.25) is 0 Å². The molecule has 7 heteroatoms. The molecule has 0 saturated carbocycles. The zero-order valence-electron chi connectivity index (χ0n) is 8.43. The molecule has 1 amide bonds. The largest absolute Gasteiger partial charge is 0.346 e. The Morgan fingerprint density at radius 2 is 2.60 bits per heavy atom. The minimum absolute atomic E-state index is 0.0947. The van der Waals surface area contributed by atoms with Gasteiger partial charge in [0.2, 0.25) is 5.91 Å². The van der Waals surface area contributed by atoms with E-state index in [1.54, 1.807) is 0 Å². The molecule has 2 heterocycles. The summed E-state index contributed by atoms with van der Waals surface area (Å²) in [5, 5.41) is 16.4. The number of carbonyl (C=O) groups excluding carboxylic acids is 1. The first-order valence-corrected chi connectivity index (χ1v) is 6.04. The molecule has 15 heavy (non-hydrogen) atoms. The Morgan fingerprint density at radius 1 is 1.73 bits per heavy atom. The molecule has 0 aromatic carbocycles. The first kappa shape index (κ1) is 10.4. The summed E-state index contributed by atoms with van der Waals surface area (Å²) in [5.41, 5.74) is 0. The number of carbonyl (C=O) groups is 1. The number of nitrogens with zero attached hydrogens (tertiary/aromatic N) is 3. The van der Waals surface area contributed by atoms with Gasteiger partial charge in [0.25, 0.3) is 0 Å². The van der Waals surface area contributed by atoms with Gasteiger partial charge in [0.1, 0.15) is 0 Å². The molecule has 0 aliphatic carbocycles. The highest BCUT2D eigenvalue weighted by Gasteiger charge is 2.25. The van der Waals surface area contributed by atoms with E-state index < -0.39 is 0 Å². The minimum atomic E-state index is -0.179. The summed E-state index contributed by atoms with van der Waals surface area (Å²) >= 11 is 1.82. The van der Waals surface area contributed by atoms with Crippen LogP contribution in [0.5, 0.6) is 0 Å². The highest BCUT2D eigenvalue weighted by Crippen LogP contribution is 2.24. The molecule has 6 nitrogen and oxygen atoms in total. The van der Waals surface area contributed by atoms with Crippen molar-refractivity contribution in [3.05, 3.63) is 5.82 Å². The van der Waals surface area contributed by atoms with E-state index in [0.29, 0.717) is 5.82 Å². The highest BCUT2D eigenvalue weighted by atomic mass is 32.2. The topological polar surface area (TPSA) is 83.6 Å². The Bertz CT molecular complexity index is 322. The van der Waals surface area contributed by atoms with Gasteiger partial charge in [0, 0.05) is 11.7 Å². The van der Waals surface area contributed by atoms with E-state index in [-0.39, 0.29) is 17.9 Å². The third-order valence-corrected chi connectivity index (χ3v) is 3.57. The van der Waals surface area contributed by atoms with Crippen molar-refractivity contribution >= 4 is 17.7 Å². The third kappa shape index (κ3) is 2.47. The number of nitrogens with one attached hydrogen (secondary N) is 2. The molecule has 0 radical (unpaired) electrons. The van der Waals surface area contributed by atoms with Crippen LogP contribution in [-0.2, 0) is 4.79 Å². The molecule has 1 aliphatic rings. The van der Waals surface area contributed by atoms with Crippen molar-refractivity contribution in [3.63, 3.8) is 0 Å². The van der Waals surface area contributed by atoms with E-state index in [9.17, 15) is 4.79 Å². The van der Waals surface area contributed by atoms with Gasteiger partial charge in [-0.3, -0.25) is 4.79 Å². The molecular weight excluding hydrogens is 214 g/mol. The second kappa shape index (κ2) is 4.61. The Morgan fingerprint density at radius 3 is 3.20 bits per heavy atom. The van der Waals surface area contributed by atoms with Crippen LogP contribution in [0.3, 0.4) is 0 Å². The lowest BCUT2D eigenvalue weighted by molar-refractivity contribution is -0.124. The smallest absolute Gasteiger partial charge is 0.224 e. The molecule has 1 aromatic heterocycles. The number of H-pyrrole nitrogens is 1. The Balaban J connectivity index is 1.88. The van der Waals surface area contributed by atoms with Crippen LogP contribution in [0.15, 0.2) is 0 Å². The summed E-state index contributed by atoms with van der Waals surface area (Å²) in [6.07, 6.45) is 0.968. The molecule has 2 atom stereocenters. The second-order valence-electron chi connectivity index (χ2n) is 3.56. The number of rotatable bonds is 3. The van der Waals surface area contributed by atoms with Crippen molar-refractivity contribution in [2.24, 2.45) is 5.92 Å². The van der Waals surface area contributed by atoms with Crippen LogP contribution in [0.4, 0.5) is 0 Å². The first-order chi connectivity index (χ1) is 7.27. The summed E-state index contributed by atoms with van der Waals surface area (Å²) < 4.78 is 0. The van der Waals surface area contributed by atoms with Crippen LogP contribution in [0, 0.1) is 5.92 Å².